The summed E-state index contributed by atoms with van der Waals surface area (Å²) in [5.41, 5.74) is 1.83. The van der Waals surface area contributed by atoms with Crippen molar-refractivity contribution in [3.05, 3.63) is 71.8 Å². The average Bonchev–Trinajstić information content (AvgIpc) is 3.03. The summed E-state index contributed by atoms with van der Waals surface area (Å²) in [6.45, 7) is 3.16. The quantitative estimate of drug-likeness (QED) is 0.292. The lowest BCUT2D eigenvalue weighted by Gasteiger charge is -2.33. The van der Waals surface area contributed by atoms with Crippen LogP contribution >= 0.6 is 0 Å². The van der Waals surface area contributed by atoms with Gasteiger partial charge in [-0.05, 0) is 48.7 Å². The van der Waals surface area contributed by atoms with Crippen molar-refractivity contribution in [2.45, 2.75) is 37.8 Å². The van der Waals surface area contributed by atoms with Crippen LogP contribution in [0.5, 0.6) is 23.0 Å². The van der Waals surface area contributed by atoms with Gasteiger partial charge in [-0.3, -0.25) is 13.9 Å². The molecule has 2 amide bonds. The second-order valence-corrected chi connectivity index (χ2v) is 11.4. The maximum atomic E-state index is 14.4. The van der Waals surface area contributed by atoms with Crippen molar-refractivity contribution in [2.24, 2.45) is 0 Å². The van der Waals surface area contributed by atoms with Crippen LogP contribution in [0.4, 0.5) is 5.69 Å². The molecule has 1 unspecified atom stereocenters. The zero-order valence-electron chi connectivity index (χ0n) is 25.5. The molecule has 3 aromatic rings. The van der Waals surface area contributed by atoms with Gasteiger partial charge < -0.3 is 29.2 Å². The van der Waals surface area contributed by atoms with Gasteiger partial charge in [-0.15, -0.1) is 0 Å². The van der Waals surface area contributed by atoms with E-state index in [1.54, 1.807) is 19.1 Å². The van der Waals surface area contributed by atoms with E-state index < -0.39 is 28.5 Å². The molecule has 0 bridgehead atoms. The van der Waals surface area contributed by atoms with E-state index in [2.05, 4.69) is 5.32 Å². The fourth-order valence-electron chi connectivity index (χ4n) is 4.67. The van der Waals surface area contributed by atoms with E-state index in [1.807, 2.05) is 31.2 Å². The normalized spacial score (nSPS) is 11.7. The van der Waals surface area contributed by atoms with Gasteiger partial charge in [0.2, 0.25) is 11.8 Å². The van der Waals surface area contributed by atoms with Crippen molar-refractivity contribution >= 4 is 27.5 Å². The Hall–Kier alpha value is -4.45. The van der Waals surface area contributed by atoms with E-state index in [-0.39, 0.29) is 34.5 Å². The number of anilines is 1. The zero-order valence-corrected chi connectivity index (χ0v) is 26.4. The molecule has 0 aliphatic carbocycles. The molecule has 12 heteroatoms. The summed E-state index contributed by atoms with van der Waals surface area (Å²) in [6, 6.07) is 15.5. The van der Waals surface area contributed by atoms with Gasteiger partial charge in [-0.2, -0.15) is 0 Å². The first-order chi connectivity index (χ1) is 20.6. The van der Waals surface area contributed by atoms with Crippen LogP contribution in [0.2, 0.25) is 0 Å². The topological polar surface area (TPSA) is 124 Å². The van der Waals surface area contributed by atoms with Crippen LogP contribution in [0.25, 0.3) is 0 Å². The third-order valence-electron chi connectivity index (χ3n) is 7.11. The lowest BCUT2D eigenvalue weighted by molar-refractivity contribution is -0.140. The lowest BCUT2D eigenvalue weighted by atomic mass is 10.1. The minimum absolute atomic E-state index is 0.0776. The number of nitrogens with one attached hydrogen (secondary N) is 1. The Balaban J connectivity index is 2.21. The number of carbonyl (C=O) groups excluding carboxylic acids is 2. The van der Waals surface area contributed by atoms with Crippen molar-refractivity contribution in [1.82, 2.24) is 10.2 Å². The standard InChI is InChI=1S/C31H39N3O8S/c1-8-25(31(36)32-3)33(19-22-12-10-9-11-21(22)2)30(35)20-34(26-17-23(39-4)13-15-27(26)40-5)43(37,38)24-14-16-28(41-6)29(18-24)42-7/h9-18,25H,8,19-20H2,1-7H3,(H,32,36). The molecule has 11 nitrogen and oxygen atoms in total. The van der Waals surface area contributed by atoms with Crippen LogP contribution in [0.15, 0.2) is 65.6 Å². The van der Waals surface area contributed by atoms with Crippen molar-refractivity contribution in [2.75, 3.05) is 46.3 Å². The predicted molar refractivity (Wildman–Crippen MR) is 163 cm³/mol. The number of hydrogen-bond donors (Lipinski definition) is 1. The SMILES string of the molecule is CCC(C(=O)NC)N(Cc1ccccc1C)C(=O)CN(c1cc(OC)ccc1OC)S(=O)(=O)c1ccc(OC)c(OC)c1. The van der Waals surface area contributed by atoms with Gasteiger partial charge in [0.1, 0.15) is 24.1 Å². The largest absolute Gasteiger partial charge is 0.497 e. The Morgan fingerprint density at radius 3 is 2.09 bits per heavy atom. The number of carbonyl (C=O) groups is 2. The molecule has 1 N–H and O–H groups in total. The highest BCUT2D eigenvalue weighted by atomic mass is 32.2. The highest BCUT2D eigenvalue weighted by molar-refractivity contribution is 7.92. The Kier molecular flexibility index (Phi) is 11.2. The molecule has 0 saturated heterocycles. The molecule has 3 rings (SSSR count). The molecular weight excluding hydrogens is 574 g/mol. The highest BCUT2D eigenvalue weighted by Gasteiger charge is 2.35. The third-order valence-corrected chi connectivity index (χ3v) is 8.87. The average molecular weight is 614 g/mol. The molecule has 0 aromatic heterocycles. The summed E-state index contributed by atoms with van der Waals surface area (Å²) >= 11 is 0. The molecule has 0 fully saturated rings. The van der Waals surface area contributed by atoms with Crippen LogP contribution in [0.1, 0.15) is 24.5 Å². The fourth-order valence-corrected chi connectivity index (χ4v) is 6.10. The number of hydrogen-bond acceptors (Lipinski definition) is 8. The van der Waals surface area contributed by atoms with E-state index >= 15 is 0 Å². The number of aryl methyl sites for hydroxylation is 1. The van der Waals surface area contributed by atoms with Crippen LogP contribution in [-0.2, 0) is 26.2 Å². The minimum atomic E-state index is -4.42. The number of methoxy groups -OCH3 is 4. The fraction of sp³-hybridized carbons (Fsp3) is 0.355. The predicted octanol–water partition coefficient (Wildman–Crippen LogP) is 3.78. The second kappa shape index (κ2) is 14.6. The van der Waals surface area contributed by atoms with E-state index in [0.29, 0.717) is 17.9 Å². The molecule has 43 heavy (non-hydrogen) atoms. The van der Waals surface area contributed by atoms with Gasteiger partial charge in [0.25, 0.3) is 10.0 Å². The maximum Gasteiger partial charge on any atom is 0.265 e. The number of amides is 2. The van der Waals surface area contributed by atoms with E-state index in [1.165, 1.54) is 64.7 Å². The summed E-state index contributed by atoms with van der Waals surface area (Å²) in [5, 5.41) is 2.62. The number of nitrogens with zero attached hydrogens (tertiary/aromatic N) is 2. The molecule has 0 aliphatic rings. The maximum absolute atomic E-state index is 14.4. The summed E-state index contributed by atoms with van der Waals surface area (Å²) in [6.07, 6.45) is 0.308. The van der Waals surface area contributed by atoms with Gasteiger partial charge in [-0.25, -0.2) is 8.42 Å². The van der Waals surface area contributed by atoms with Crippen molar-refractivity contribution < 1.29 is 37.0 Å². The molecule has 0 radical (unpaired) electrons. The number of ether oxygens (including phenoxy) is 4. The highest BCUT2D eigenvalue weighted by Crippen LogP contribution is 2.38. The van der Waals surface area contributed by atoms with Crippen molar-refractivity contribution in [3.63, 3.8) is 0 Å². The van der Waals surface area contributed by atoms with Gasteiger partial charge >= 0.3 is 0 Å². The van der Waals surface area contributed by atoms with Crippen LogP contribution < -0.4 is 28.6 Å². The summed E-state index contributed by atoms with van der Waals surface area (Å²) in [7, 11) is 2.76. The summed E-state index contributed by atoms with van der Waals surface area (Å²) in [4.78, 5) is 28.5. The number of likely N-dealkylation sites (N-methyl/N-ethyl adjacent to an activating group) is 1. The Bertz CT molecular complexity index is 1540. The monoisotopic (exact) mass is 613 g/mol. The van der Waals surface area contributed by atoms with Crippen molar-refractivity contribution in [1.29, 1.82) is 0 Å². The first kappa shape index (κ1) is 33.1. The first-order valence-corrected chi connectivity index (χ1v) is 15.0. The summed E-state index contributed by atoms with van der Waals surface area (Å²) < 4.78 is 51.2. The molecular formula is C31H39N3O8S. The lowest BCUT2D eigenvalue weighted by Crippen LogP contribution is -2.51. The van der Waals surface area contributed by atoms with Crippen LogP contribution in [0.3, 0.4) is 0 Å². The number of benzene rings is 3. The molecule has 232 valence electrons. The molecule has 1 atom stereocenters. The summed E-state index contributed by atoms with van der Waals surface area (Å²) in [5.74, 6) is 0.124. The van der Waals surface area contributed by atoms with E-state index in [0.717, 1.165) is 15.4 Å². The minimum Gasteiger partial charge on any atom is -0.497 e. The Labute approximate surface area is 253 Å². The molecule has 0 spiro atoms. The second-order valence-electron chi connectivity index (χ2n) is 9.55. The van der Waals surface area contributed by atoms with Crippen LogP contribution in [-0.4, -0.2) is 73.2 Å². The van der Waals surface area contributed by atoms with Gasteiger partial charge in [0.05, 0.1) is 39.0 Å². The van der Waals surface area contributed by atoms with Gasteiger partial charge in [0, 0.05) is 25.7 Å². The Morgan fingerprint density at radius 2 is 1.51 bits per heavy atom. The van der Waals surface area contributed by atoms with E-state index in [9.17, 15) is 18.0 Å². The zero-order chi connectivity index (χ0) is 31.7. The molecule has 3 aromatic carbocycles. The van der Waals surface area contributed by atoms with Gasteiger partial charge in [0.15, 0.2) is 11.5 Å². The van der Waals surface area contributed by atoms with Crippen LogP contribution in [0, 0.1) is 6.92 Å². The smallest absolute Gasteiger partial charge is 0.265 e. The molecule has 0 saturated carbocycles. The molecule has 0 heterocycles. The number of rotatable bonds is 14. The third kappa shape index (κ3) is 7.31. The Morgan fingerprint density at radius 1 is 0.860 bits per heavy atom. The first-order valence-electron chi connectivity index (χ1n) is 13.6. The van der Waals surface area contributed by atoms with Crippen molar-refractivity contribution in [3.8, 4) is 23.0 Å². The van der Waals surface area contributed by atoms with Gasteiger partial charge in [-0.1, -0.05) is 31.2 Å². The number of sulfonamides is 1. The van der Waals surface area contributed by atoms with E-state index in [4.69, 9.17) is 18.9 Å². The molecule has 0 aliphatic heterocycles.